The van der Waals surface area contributed by atoms with Gasteiger partial charge in [0, 0.05) is 24.5 Å². The van der Waals surface area contributed by atoms with Gasteiger partial charge >= 0.3 is 0 Å². The molecule has 0 aliphatic carbocycles. The number of carbonyl (C=O) groups is 1. The second-order valence-corrected chi connectivity index (χ2v) is 4.82. The quantitative estimate of drug-likeness (QED) is 0.651. The van der Waals surface area contributed by atoms with Crippen LogP contribution in [0.25, 0.3) is 6.08 Å². The Kier molecular flexibility index (Phi) is 5.92. The van der Waals surface area contributed by atoms with Crippen LogP contribution >= 0.6 is 0 Å². The molecule has 1 heterocycles. The Hall–Kier alpha value is -3.33. The van der Waals surface area contributed by atoms with E-state index < -0.39 is 5.91 Å². The van der Waals surface area contributed by atoms with Gasteiger partial charge in [0.25, 0.3) is 5.91 Å². The molecule has 0 aliphatic rings. The molecule has 0 radical (unpaired) electrons. The van der Waals surface area contributed by atoms with Crippen LogP contribution in [0, 0.1) is 11.3 Å². The first-order valence-corrected chi connectivity index (χ1v) is 7.19. The van der Waals surface area contributed by atoms with Crippen LogP contribution in [0.1, 0.15) is 11.1 Å². The minimum atomic E-state index is -0.466. The molecular formula is C18H17N3O3. The third-order valence-corrected chi connectivity index (χ3v) is 3.28. The number of carbonyl (C=O) groups excluding carboxylic acids is 1. The van der Waals surface area contributed by atoms with E-state index >= 15 is 0 Å². The first-order chi connectivity index (χ1) is 11.7. The summed E-state index contributed by atoms with van der Waals surface area (Å²) < 4.78 is 10.4. The Morgan fingerprint density at radius 3 is 2.79 bits per heavy atom. The number of pyridine rings is 1. The number of ether oxygens (including phenoxy) is 2. The SMILES string of the molecule is COc1ccc(OC)c(/C=C(\C#N)C(=O)NCc2cccnc2)c1. The molecule has 1 amide bonds. The van der Waals surface area contributed by atoms with Crippen molar-refractivity contribution in [3.63, 3.8) is 0 Å². The molecule has 1 N–H and O–H groups in total. The minimum absolute atomic E-state index is 0.0227. The highest BCUT2D eigenvalue weighted by Crippen LogP contribution is 2.26. The summed E-state index contributed by atoms with van der Waals surface area (Å²) in [6.45, 7) is 0.293. The number of amides is 1. The van der Waals surface area contributed by atoms with E-state index in [9.17, 15) is 10.1 Å². The summed E-state index contributed by atoms with van der Waals surface area (Å²) >= 11 is 0. The number of benzene rings is 1. The molecule has 24 heavy (non-hydrogen) atoms. The van der Waals surface area contributed by atoms with E-state index in [-0.39, 0.29) is 5.57 Å². The highest BCUT2D eigenvalue weighted by molar-refractivity contribution is 6.02. The zero-order valence-electron chi connectivity index (χ0n) is 13.4. The maximum absolute atomic E-state index is 12.2. The number of nitrogens with one attached hydrogen (secondary N) is 1. The summed E-state index contributed by atoms with van der Waals surface area (Å²) in [5.41, 5.74) is 1.41. The average Bonchev–Trinajstić information content (AvgIpc) is 2.64. The largest absolute Gasteiger partial charge is 0.497 e. The summed E-state index contributed by atoms with van der Waals surface area (Å²) in [4.78, 5) is 16.2. The van der Waals surface area contributed by atoms with Crippen LogP contribution in [0.5, 0.6) is 11.5 Å². The van der Waals surface area contributed by atoms with Gasteiger partial charge in [-0.3, -0.25) is 9.78 Å². The third-order valence-electron chi connectivity index (χ3n) is 3.28. The number of nitrogens with zero attached hydrogens (tertiary/aromatic N) is 2. The highest BCUT2D eigenvalue weighted by Gasteiger charge is 2.11. The van der Waals surface area contributed by atoms with Crippen LogP contribution in [0.4, 0.5) is 0 Å². The van der Waals surface area contributed by atoms with Crippen LogP contribution in [0.2, 0.25) is 0 Å². The second-order valence-electron chi connectivity index (χ2n) is 4.82. The molecule has 0 saturated heterocycles. The molecule has 0 aliphatic heterocycles. The van der Waals surface area contributed by atoms with E-state index in [4.69, 9.17) is 9.47 Å². The smallest absolute Gasteiger partial charge is 0.262 e. The van der Waals surface area contributed by atoms with E-state index in [0.29, 0.717) is 23.6 Å². The Bertz CT molecular complexity index is 780. The van der Waals surface area contributed by atoms with Crippen molar-refractivity contribution < 1.29 is 14.3 Å². The molecule has 2 rings (SSSR count). The minimum Gasteiger partial charge on any atom is -0.497 e. The number of aromatic nitrogens is 1. The Balaban J connectivity index is 2.19. The third kappa shape index (κ3) is 4.34. The van der Waals surface area contributed by atoms with Crippen molar-refractivity contribution in [3.05, 3.63) is 59.4 Å². The first-order valence-electron chi connectivity index (χ1n) is 7.19. The summed E-state index contributed by atoms with van der Waals surface area (Å²) in [5, 5.41) is 12.0. The number of methoxy groups -OCH3 is 2. The molecule has 122 valence electrons. The number of nitriles is 1. The van der Waals surface area contributed by atoms with Crippen molar-refractivity contribution in [2.45, 2.75) is 6.54 Å². The average molecular weight is 323 g/mol. The fourth-order valence-corrected chi connectivity index (χ4v) is 2.04. The molecule has 1 aromatic heterocycles. The maximum atomic E-state index is 12.2. The fraction of sp³-hybridized carbons (Fsp3) is 0.167. The molecule has 0 bridgehead atoms. The number of hydrogen-bond donors (Lipinski definition) is 1. The lowest BCUT2D eigenvalue weighted by Crippen LogP contribution is -2.24. The molecular weight excluding hydrogens is 306 g/mol. The van der Waals surface area contributed by atoms with Crippen molar-refractivity contribution in [1.29, 1.82) is 5.26 Å². The molecule has 6 heteroatoms. The fourth-order valence-electron chi connectivity index (χ4n) is 2.04. The van der Waals surface area contributed by atoms with Crippen molar-refractivity contribution in [2.24, 2.45) is 0 Å². The second kappa shape index (κ2) is 8.34. The molecule has 0 spiro atoms. The first kappa shape index (κ1) is 17.0. The van der Waals surface area contributed by atoms with E-state index in [1.54, 1.807) is 43.8 Å². The van der Waals surface area contributed by atoms with Gasteiger partial charge in [-0.2, -0.15) is 5.26 Å². The van der Waals surface area contributed by atoms with Gasteiger partial charge in [0.1, 0.15) is 23.1 Å². The molecule has 1 aromatic carbocycles. The standard InChI is InChI=1S/C18H17N3O3/c1-23-16-5-6-17(24-2)14(9-16)8-15(10-19)18(22)21-12-13-4-3-7-20-11-13/h3-9,11H,12H2,1-2H3,(H,21,22)/b15-8+. The molecule has 0 fully saturated rings. The van der Waals surface area contributed by atoms with Crippen LogP contribution < -0.4 is 14.8 Å². The van der Waals surface area contributed by atoms with Crippen LogP contribution in [-0.4, -0.2) is 25.1 Å². The lowest BCUT2D eigenvalue weighted by Gasteiger charge is -2.08. The normalized spacial score (nSPS) is 10.6. The summed E-state index contributed by atoms with van der Waals surface area (Å²) in [5.74, 6) is 0.685. The molecule has 0 unspecified atom stereocenters. The molecule has 6 nitrogen and oxygen atoms in total. The Labute approximate surface area is 140 Å². The van der Waals surface area contributed by atoms with E-state index in [1.807, 2.05) is 12.1 Å². The van der Waals surface area contributed by atoms with Gasteiger partial charge in [0.05, 0.1) is 14.2 Å². The van der Waals surface area contributed by atoms with E-state index in [1.165, 1.54) is 13.2 Å². The monoisotopic (exact) mass is 323 g/mol. The van der Waals surface area contributed by atoms with Gasteiger partial charge in [0.2, 0.25) is 0 Å². The van der Waals surface area contributed by atoms with E-state index in [0.717, 1.165) is 5.56 Å². The van der Waals surface area contributed by atoms with Crippen molar-refractivity contribution in [3.8, 4) is 17.6 Å². The van der Waals surface area contributed by atoms with Crippen molar-refractivity contribution in [1.82, 2.24) is 10.3 Å². The Morgan fingerprint density at radius 1 is 1.33 bits per heavy atom. The van der Waals surface area contributed by atoms with Gasteiger partial charge in [-0.15, -0.1) is 0 Å². The lowest BCUT2D eigenvalue weighted by atomic mass is 10.1. The van der Waals surface area contributed by atoms with Gasteiger partial charge in [-0.1, -0.05) is 6.07 Å². The molecule has 0 atom stereocenters. The number of rotatable bonds is 6. The van der Waals surface area contributed by atoms with Gasteiger partial charge < -0.3 is 14.8 Å². The molecule has 0 saturated carbocycles. The summed E-state index contributed by atoms with van der Waals surface area (Å²) in [7, 11) is 3.06. The van der Waals surface area contributed by atoms with Gasteiger partial charge in [-0.05, 0) is 35.9 Å². The lowest BCUT2D eigenvalue weighted by molar-refractivity contribution is -0.117. The highest BCUT2D eigenvalue weighted by atomic mass is 16.5. The Morgan fingerprint density at radius 2 is 2.17 bits per heavy atom. The molecule has 2 aromatic rings. The maximum Gasteiger partial charge on any atom is 0.262 e. The van der Waals surface area contributed by atoms with Gasteiger partial charge in [0.15, 0.2) is 0 Å². The predicted octanol–water partition coefficient (Wildman–Crippen LogP) is 2.32. The number of hydrogen-bond acceptors (Lipinski definition) is 5. The zero-order valence-corrected chi connectivity index (χ0v) is 13.4. The predicted molar refractivity (Wildman–Crippen MR) is 89.2 cm³/mol. The summed E-state index contributed by atoms with van der Waals surface area (Å²) in [6.07, 6.45) is 4.78. The summed E-state index contributed by atoms with van der Waals surface area (Å²) in [6, 6.07) is 10.7. The van der Waals surface area contributed by atoms with Gasteiger partial charge in [-0.25, -0.2) is 0 Å². The van der Waals surface area contributed by atoms with Crippen LogP contribution in [-0.2, 0) is 11.3 Å². The van der Waals surface area contributed by atoms with E-state index in [2.05, 4.69) is 10.3 Å². The topological polar surface area (TPSA) is 84.2 Å². The zero-order chi connectivity index (χ0) is 17.4. The van der Waals surface area contributed by atoms with Crippen molar-refractivity contribution in [2.75, 3.05) is 14.2 Å². The van der Waals surface area contributed by atoms with Crippen LogP contribution in [0.15, 0.2) is 48.3 Å². The van der Waals surface area contributed by atoms with Crippen molar-refractivity contribution >= 4 is 12.0 Å². The van der Waals surface area contributed by atoms with Crippen LogP contribution in [0.3, 0.4) is 0 Å².